The SMILES string of the molecule is CCOC(=O)C(CC)Oc1ccccc1OCC. The van der Waals surface area contributed by atoms with Crippen molar-refractivity contribution in [1.82, 2.24) is 0 Å². The Bertz CT molecular complexity index is 376. The summed E-state index contributed by atoms with van der Waals surface area (Å²) in [5.41, 5.74) is 0. The molecule has 0 aliphatic rings. The van der Waals surface area contributed by atoms with Crippen LogP contribution in [0.5, 0.6) is 11.5 Å². The molecule has 0 radical (unpaired) electrons. The van der Waals surface area contributed by atoms with E-state index in [1.54, 1.807) is 13.0 Å². The van der Waals surface area contributed by atoms with Gasteiger partial charge in [0.15, 0.2) is 17.6 Å². The van der Waals surface area contributed by atoms with E-state index in [0.717, 1.165) is 0 Å². The second kappa shape index (κ2) is 7.58. The summed E-state index contributed by atoms with van der Waals surface area (Å²) < 4.78 is 16.1. The average molecular weight is 252 g/mol. The lowest BCUT2D eigenvalue weighted by Crippen LogP contribution is -2.28. The monoisotopic (exact) mass is 252 g/mol. The van der Waals surface area contributed by atoms with Crippen molar-refractivity contribution in [2.45, 2.75) is 33.3 Å². The molecule has 0 saturated carbocycles. The molecule has 0 fully saturated rings. The Morgan fingerprint density at radius 2 is 1.78 bits per heavy atom. The van der Waals surface area contributed by atoms with Crippen LogP contribution in [0.2, 0.25) is 0 Å². The summed E-state index contributed by atoms with van der Waals surface area (Å²) in [5, 5.41) is 0. The number of carbonyl (C=O) groups excluding carboxylic acids is 1. The van der Waals surface area contributed by atoms with E-state index >= 15 is 0 Å². The van der Waals surface area contributed by atoms with Crippen molar-refractivity contribution in [3.63, 3.8) is 0 Å². The Labute approximate surface area is 108 Å². The van der Waals surface area contributed by atoms with Crippen LogP contribution in [0.4, 0.5) is 0 Å². The van der Waals surface area contributed by atoms with Crippen LogP contribution < -0.4 is 9.47 Å². The molecule has 0 N–H and O–H groups in total. The molecule has 0 aliphatic carbocycles. The Balaban J connectivity index is 2.77. The van der Waals surface area contributed by atoms with Gasteiger partial charge in [-0.3, -0.25) is 0 Å². The second-order valence-electron chi connectivity index (χ2n) is 3.65. The molecule has 1 rings (SSSR count). The first-order valence-electron chi connectivity index (χ1n) is 6.28. The zero-order chi connectivity index (χ0) is 13.4. The Morgan fingerprint density at radius 3 is 2.33 bits per heavy atom. The molecule has 0 aliphatic heterocycles. The predicted molar refractivity (Wildman–Crippen MR) is 69.0 cm³/mol. The molecule has 1 aromatic rings. The van der Waals surface area contributed by atoms with Gasteiger partial charge in [-0.05, 0) is 32.4 Å². The Morgan fingerprint density at radius 1 is 1.11 bits per heavy atom. The van der Waals surface area contributed by atoms with Crippen molar-refractivity contribution < 1.29 is 19.0 Å². The van der Waals surface area contributed by atoms with Gasteiger partial charge in [-0.15, -0.1) is 0 Å². The lowest BCUT2D eigenvalue weighted by molar-refractivity contribution is -0.151. The van der Waals surface area contributed by atoms with Crippen LogP contribution in [0, 0.1) is 0 Å². The minimum absolute atomic E-state index is 0.341. The standard InChI is InChI=1S/C14H20O4/c1-4-11(14(15)17-6-3)18-13-10-8-7-9-12(13)16-5-2/h7-11H,4-6H2,1-3H3. The Kier molecular flexibility index (Phi) is 6.05. The highest BCUT2D eigenvalue weighted by atomic mass is 16.6. The van der Waals surface area contributed by atoms with Crippen LogP contribution in [-0.4, -0.2) is 25.3 Å². The summed E-state index contributed by atoms with van der Waals surface area (Å²) in [6.45, 7) is 6.46. The second-order valence-corrected chi connectivity index (χ2v) is 3.65. The van der Waals surface area contributed by atoms with E-state index in [9.17, 15) is 4.79 Å². The van der Waals surface area contributed by atoms with Gasteiger partial charge in [-0.1, -0.05) is 19.1 Å². The van der Waals surface area contributed by atoms with Crippen molar-refractivity contribution in [2.75, 3.05) is 13.2 Å². The maximum atomic E-state index is 11.7. The number of hydrogen-bond donors (Lipinski definition) is 0. The summed E-state index contributed by atoms with van der Waals surface area (Å²) in [4.78, 5) is 11.7. The van der Waals surface area contributed by atoms with Crippen LogP contribution in [0.15, 0.2) is 24.3 Å². The van der Waals surface area contributed by atoms with E-state index in [2.05, 4.69) is 0 Å². The largest absolute Gasteiger partial charge is 0.490 e. The van der Waals surface area contributed by atoms with Gasteiger partial charge < -0.3 is 14.2 Å². The molecular formula is C14H20O4. The number of carbonyl (C=O) groups is 1. The number of benzene rings is 1. The highest BCUT2D eigenvalue weighted by molar-refractivity contribution is 5.75. The summed E-state index contributed by atoms with van der Waals surface area (Å²) in [5.74, 6) is 0.869. The maximum absolute atomic E-state index is 11.7. The van der Waals surface area contributed by atoms with Gasteiger partial charge in [0, 0.05) is 0 Å². The number of para-hydroxylation sites is 2. The van der Waals surface area contributed by atoms with Crippen LogP contribution in [0.1, 0.15) is 27.2 Å². The van der Waals surface area contributed by atoms with Gasteiger partial charge in [0.2, 0.25) is 0 Å². The average Bonchev–Trinajstić information content (AvgIpc) is 2.38. The molecule has 4 nitrogen and oxygen atoms in total. The lowest BCUT2D eigenvalue weighted by Gasteiger charge is -2.18. The van der Waals surface area contributed by atoms with Gasteiger partial charge in [-0.25, -0.2) is 4.79 Å². The van der Waals surface area contributed by atoms with Gasteiger partial charge in [-0.2, -0.15) is 0 Å². The summed E-state index contributed by atoms with van der Waals surface area (Å²) in [6.07, 6.45) is -0.0363. The zero-order valence-corrected chi connectivity index (χ0v) is 11.1. The van der Waals surface area contributed by atoms with Crippen molar-refractivity contribution in [3.05, 3.63) is 24.3 Å². The molecule has 1 aromatic carbocycles. The number of esters is 1. The topological polar surface area (TPSA) is 44.8 Å². The maximum Gasteiger partial charge on any atom is 0.347 e. The molecule has 1 unspecified atom stereocenters. The van der Waals surface area contributed by atoms with Gasteiger partial charge in [0.05, 0.1) is 13.2 Å². The molecule has 0 bridgehead atoms. The molecule has 1 atom stereocenters. The van der Waals surface area contributed by atoms with E-state index in [-0.39, 0.29) is 5.97 Å². The fraction of sp³-hybridized carbons (Fsp3) is 0.500. The highest BCUT2D eigenvalue weighted by Crippen LogP contribution is 2.28. The van der Waals surface area contributed by atoms with Crippen LogP contribution in [-0.2, 0) is 9.53 Å². The molecule has 0 amide bonds. The molecule has 0 spiro atoms. The summed E-state index contributed by atoms with van der Waals surface area (Å²) in [7, 11) is 0. The van der Waals surface area contributed by atoms with E-state index in [4.69, 9.17) is 14.2 Å². The molecule has 0 aromatic heterocycles. The fourth-order valence-corrected chi connectivity index (χ4v) is 1.51. The third-order valence-corrected chi connectivity index (χ3v) is 2.34. The van der Waals surface area contributed by atoms with Crippen LogP contribution in [0.25, 0.3) is 0 Å². The minimum Gasteiger partial charge on any atom is -0.490 e. The number of ether oxygens (including phenoxy) is 3. The minimum atomic E-state index is -0.591. The number of hydrogen-bond acceptors (Lipinski definition) is 4. The van der Waals surface area contributed by atoms with Crippen molar-refractivity contribution in [3.8, 4) is 11.5 Å². The molecular weight excluding hydrogens is 232 g/mol. The molecule has 100 valence electrons. The quantitative estimate of drug-likeness (QED) is 0.700. The predicted octanol–water partition coefficient (Wildman–Crippen LogP) is 2.81. The zero-order valence-electron chi connectivity index (χ0n) is 11.1. The van der Waals surface area contributed by atoms with Crippen molar-refractivity contribution >= 4 is 5.97 Å². The number of rotatable bonds is 7. The first-order chi connectivity index (χ1) is 8.72. The van der Waals surface area contributed by atoms with Gasteiger partial charge in [0.1, 0.15) is 0 Å². The fourth-order valence-electron chi connectivity index (χ4n) is 1.51. The smallest absolute Gasteiger partial charge is 0.347 e. The van der Waals surface area contributed by atoms with Gasteiger partial charge in [0.25, 0.3) is 0 Å². The normalized spacial score (nSPS) is 11.7. The van der Waals surface area contributed by atoms with Gasteiger partial charge >= 0.3 is 5.97 Å². The first kappa shape index (κ1) is 14.4. The lowest BCUT2D eigenvalue weighted by atomic mass is 10.2. The van der Waals surface area contributed by atoms with Crippen molar-refractivity contribution in [1.29, 1.82) is 0 Å². The summed E-state index contributed by atoms with van der Waals surface area (Å²) in [6, 6.07) is 7.31. The summed E-state index contributed by atoms with van der Waals surface area (Å²) >= 11 is 0. The van der Waals surface area contributed by atoms with E-state index in [1.807, 2.05) is 32.0 Å². The molecule has 4 heteroatoms. The van der Waals surface area contributed by atoms with Crippen LogP contribution >= 0.6 is 0 Å². The van der Waals surface area contributed by atoms with Crippen LogP contribution in [0.3, 0.4) is 0 Å². The van der Waals surface area contributed by atoms with E-state index in [1.165, 1.54) is 0 Å². The van der Waals surface area contributed by atoms with Crippen molar-refractivity contribution in [2.24, 2.45) is 0 Å². The highest BCUT2D eigenvalue weighted by Gasteiger charge is 2.20. The molecule has 18 heavy (non-hydrogen) atoms. The third kappa shape index (κ3) is 3.95. The van der Waals surface area contributed by atoms with E-state index in [0.29, 0.717) is 31.1 Å². The molecule has 0 heterocycles. The first-order valence-corrected chi connectivity index (χ1v) is 6.28. The Hall–Kier alpha value is -1.71. The molecule has 0 saturated heterocycles. The third-order valence-electron chi connectivity index (χ3n) is 2.34. The van der Waals surface area contributed by atoms with E-state index < -0.39 is 6.10 Å².